The molecule has 0 unspecified atom stereocenters. The van der Waals surface area contributed by atoms with Gasteiger partial charge in [-0.05, 0) is 23.0 Å². The van der Waals surface area contributed by atoms with Crippen molar-refractivity contribution in [2.45, 2.75) is 33.6 Å². The molecule has 0 saturated carbocycles. The lowest BCUT2D eigenvalue weighted by molar-refractivity contribution is 0.0461. The Morgan fingerprint density at radius 1 is 1.18 bits per heavy atom. The van der Waals surface area contributed by atoms with Crippen LogP contribution < -0.4 is 5.73 Å². The molecule has 1 heterocycles. The first-order valence-electron chi connectivity index (χ1n) is 7.54. The predicted molar refractivity (Wildman–Crippen MR) is 93.4 cm³/mol. The third kappa shape index (κ3) is 3.69. The largest absolute Gasteiger partial charge is 0.462 e. The first kappa shape index (κ1) is 16.6. The van der Waals surface area contributed by atoms with Crippen LogP contribution in [0.5, 0.6) is 0 Å². The molecule has 0 saturated heterocycles. The summed E-state index contributed by atoms with van der Waals surface area (Å²) in [5.41, 5.74) is 9.59. The highest BCUT2D eigenvalue weighted by atomic mass is 32.1. The molecule has 1 aromatic heterocycles. The Balaban J connectivity index is 2.30. The first-order valence-corrected chi connectivity index (χ1v) is 8.42. The molecule has 2 aromatic rings. The van der Waals surface area contributed by atoms with Gasteiger partial charge in [-0.15, -0.1) is 11.3 Å². The van der Waals surface area contributed by atoms with Gasteiger partial charge in [0.25, 0.3) is 0 Å². The normalized spacial score (nSPS) is 11.2. The number of thiophene rings is 1. The Hall–Kier alpha value is -1.81. The third-order valence-corrected chi connectivity index (χ3v) is 4.27. The molecule has 0 spiro atoms. The zero-order valence-corrected chi connectivity index (χ0v) is 14.4. The Kier molecular flexibility index (Phi) is 5.24. The zero-order valence-electron chi connectivity index (χ0n) is 13.6. The van der Waals surface area contributed by atoms with Crippen LogP contribution in [0.15, 0.2) is 29.6 Å². The van der Waals surface area contributed by atoms with Gasteiger partial charge in [-0.1, -0.05) is 52.0 Å². The Labute approximate surface area is 136 Å². The number of carbonyl (C=O) groups is 1. The van der Waals surface area contributed by atoms with Crippen molar-refractivity contribution in [1.82, 2.24) is 0 Å². The van der Waals surface area contributed by atoms with Gasteiger partial charge in [-0.25, -0.2) is 4.79 Å². The Bertz CT molecular complexity index is 642. The van der Waals surface area contributed by atoms with Crippen molar-refractivity contribution in [2.24, 2.45) is 5.92 Å². The number of hydrogen-bond acceptors (Lipinski definition) is 4. The van der Waals surface area contributed by atoms with Crippen LogP contribution >= 0.6 is 11.3 Å². The van der Waals surface area contributed by atoms with Crippen LogP contribution in [0.2, 0.25) is 0 Å². The summed E-state index contributed by atoms with van der Waals surface area (Å²) in [6.45, 7) is 8.74. The highest BCUT2D eigenvalue weighted by Gasteiger charge is 2.20. The summed E-state index contributed by atoms with van der Waals surface area (Å²) in [7, 11) is 0. The smallest absolute Gasteiger partial charge is 0.341 e. The number of anilines is 1. The summed E-state index contributed by atoms with van der Waals surface area (Å²) in [6, 6.07) is 8.26. The average Bonchev–Trinajstić information content (AvgIpc) is 2.86. The SMILES string of the molecule is CC(C)COC(=O)c1c(-c2ccc(C(C)C)cc2)csc1N. The highest BCUT2D eigenvalue weighted by Crippen LogP contribution is 2.34. The van der Waals surface area contributed by atoms with Crippen molar-refractivity contribution in [3.05, 3.63) is 40.8 Å². The summed E-state index contributed by atoms with van der Waals surface area (Å²) in [4.78, 5) is 12.3. The molecule has 2 N–H and O–H groups in total. The zero-order chi connectivity index (χ0) is 16.3. The summed E-state index contributed by atoms with van der Waals surface area (Å²) >= 11 is 1.38. The maximum Gasteiger partial charge on any atom is 0.341 e. The molecule has 0 radical (unpaired) electrons. The van der Waals surface area contributed by atoms with E-state index >= 15 is 0 Å². The number of benzene rings is 1. The number of nitrogens with two attached hydrogens (primary N) is 1. The molecule has 3 nitrogen and oxygen atoms in total. The van der Waals surface area contributed by atoms with E-state index < -0.39 is 0 Å². The predicted octanol–water partition coefficient (Wildman–Crippen LogP) is 4.93. The van der Waals surface area contributed by atoms with Gasteiger partial charge >= 0.3 is 5.97 Å². The molecule has 0 amide bonds. The van der Waals surface area contributed by atoms with E-state index in [1.165, 1.54) is 16.9 Å². The number of ether oxygens (including phenoxy) is 1. The van der Waals surface area contributed by atoms with Crippen molar-refractivity contribution < 1.29 is 9.53 Å². The van der Waals surface area contributed by atoms with Gasteiger partial charge in [-0.3, -0.25) is 0 Å². The van der Waals surface area contributed by atoms with Gasteiger partial charge in [0.1, 0.15) is 10.6 Å². The molecule has 0 fully saturated rings. The van der Waals surface area contributed by atoms with E-state index in [1.54, 1.807) is 0 Å². The highest BCUT2D eigenvalue weighted by molar-refractivity contribution is 7.14. The van der Waals surface area contributed by atoms with Crippen LogP contribution in [0.3, 0.4) is 0 Å². The standard InChI is InChI=1S/C18H23NO2S/c1-11(2)9-21-18(20)16-15(10-22-17(16)19)14-7-5-13(6-8-14)12(3)4/h5-8,10-12H,9,19H2,1-4H3. The van der Waals surface area contributed by atoms with Crippen LogP contribution in [-0.2, 0) is 4.74 Å². The van der Waals surface area contributed by atoms with Crippen LogP contribution in [0.1, 0.15) is 49.5 Å². The van der Waals surface area contributed by atoms with E-state index in [1.807, 2.05) is 31.4 Å². The minimum atomic E-state index is -0.338. The summed E-state index contributed by atoms with van der Waals surface area (Å²) in [6.07, 6.45) is 0. The molecule has 2 rings (SSSR count). The van der Waals surface area contributed by atoms with E-state index in [-0.39, 0.29) is 5.97 Å². The lowest BCUT2D eigenvalue weighted by Crippen LogP contribution is -2.11. The fourth-order valence-corrected chi connectivity index (χ4v) is 2.97. The molecule has 0 atom stereocenters. The van der Waals surface area contributed by atoms with E-state index in [9.17, 15) is 4.79 Å². The molecular formula is C18H23NO2S. The van der Waals surface area contributed by atoms with Crippen LogP contribution in [-0.4, -0.2) is 12.6 Å². The maximum atomic E-state index is 12.3. The summed E-state index contributed by atoms with van der Waals surface area (Å²) < 4.78 is 5.34. The molecule has 22 heavy (non-hydrogen) atoms. The quantitative estimate of drug-likeness (QED) is 0.795. The summed E-state index contributed by atoms with van der Waals surface area (Å²) in [5.74, 6) is 0.449. The van der Waals surface area contributed by atoms with Crippen molar-refractivity contribution in [1.29, 1.82) is 0 Å². The van der Waals surface area contributed by atoms with Crippen LogP contribution in [0.25, 0.3) is 11.1 Å². The van der Waals surface area contributed by atoms with Gasteiger partial charge in [0.05, 0.1) is 6.61 Å². The van der Waals surface area contributed by atoms with Crippen molar-refractivity contribution >= 4 is 22.3 Å². The molecule has 0 bridgehead atoms. The topological polar surface area (TPSA) is 52.3 Å². The number of hydrogen-bond donors (Lipinski definition) is 1. The third-order valence-electron chi connectivity index (χ3n) is 3.46. The van der Waals surface area contributed by atoms with Gasteiger partial charge in [0.2, 0.25) is 0 Å². The second-order valence-corrected chi connectivity index (χ2v) is 7.07. The second kappa shape index (κ2) is 6.97. The van der Waals surface area contributed by atoms with Crippen molar-refractivity contribution in [3.8, 4) is 11.1 Å². The minimum absolute atomic E-state index is 0.303. The van der Waals surface area contributed by atoms with E-state index in [0.717, 1.165) is 11.1 Å². The van der Waals surface area contributed by atoms with Crippen LogP contribution in [0.4, 0.5) is 5.00 Å². The molecule has 0 aliphatic heterocycles. The molecule has 0 aliphatic rings. The number of rotatable bonds is 5. The minimum Gasteiger partial charge on any atom is -0.462 e. The van der Waals surface area contributed by atoms with E-state index in [0.29, 0.717) is 29.0 Å². The van der Waals surface area contributed by atoms with Gasteiger partial charge in [0.15, 0.2) is 0 Å². The van der Waals surface area contributed by atoms with Crippen molar-refractivity contribution in [3.63, 3.8) is 0 Å². The molecular weight excluding hydrogens is 294 g/mol. The fraction of sp³-hybridized carbons (Fsp3) is 0.389. The lowest BCUT2D eigenvalue weighted by Gasteiger charge is -2.10. The van der Waals surface area contributed by atoms with E-state index in [4.69, 9.17) is 10.5 Å². The number of carbonyl (C=O) groups excluding carboxylic acids is 1. The molecule has 118 valence electrons. The average molecular weight is 317 g/mol. The Morgan fingerprint density at radius 2 is 1.82 bits per heavy atom. The van der Waals surface area contributed by atoms with E-state index in [2.05, 4.69) is 26.0 Å². The second-order valence-electron chi connectivity index (χ2n) is 6.16. The van der Waals surface area contributed by atoms with Gasteiger partial charge < -0.3 is 10.5 Å². The molecule has 0 aliphatic carbocycles. The monoisotopic (exact) mass is 317 g/mol. The maximum absolute atomic E-state index is 12.3. The fourth-order valence-electron chi connectivity index (χ4n) is 2.16. The number of nitrogen functional groups attached to an aromatic ring is 1. The molecule has 1 aromatic carbocycles. The van der Waals surface area contributed by atoms with Crippen LogP contribution in [0, 0.1) is 5.92 Å². The van der Waals surface area contributed by atoms with Gasteiger partial charge in [0, 0.05) is 10.9 Å². The summed E-state index contributed by atoms with van der Waals surface area (Å²) in [5, 5.41) is 2.43. The molecule has 4 heteroatoms. The number of esters is 1. The lowest BCUT2D eigenvalue weighted by atomic mass is 9.98. The first-order chi connectivity index (χ1) is 10.4. The van der Waals surface area contributed by atoms with Gasteiger partial charge in [-0.2, -0.15) is 0 Å². The Morgan fingerprint density at radius 3 is 2.36 bits per heavy atom. The van der Waals surface area contributed by atoms with Crippen molar-refractivity contribution in [2.75, 3.05) is 12.3 Å².